The van der Waals surface area contributed by atoms with E-state index < -0.39 is 7.14 Å². The minimum atomic E-state index is -2.42. The van der Waals surface area contributed by atoms with Gasteiger partial charge in [-0.3, -0.25) is 0 Å². The van der Waals surface area contributed by atoms with Gasteiger partial charge in [-0.15, -0.1) is 0 Å². The summed E-state index contributed by atoms with van der Waals surface area (Å²) in [6.45, 7) is 0. The van der Waals surface area contributed by atoms with Crippen LogP contribution in [0.1, 0.15) is 10.4 Å². The Morgan fingerprint density at radius 3 is 2.41 bits per heavy atom. The molecule has 0 aliphatic carbocycles. The van der Waals surface area contributed by atoms with E-state index in [0.29, 0.717) is 6.16 Å². The van der Waals surface area contributed by atoms with Crippen LogP contribution in [0.25, 0.3) is 0 Å². The van der Waals surface area contributed by atoms with Crippen molar-refractivity contribution in [3.8, 4) is 0 Å². The van der Waals surface area contributed by atoms with Crippen LogP contribution in [0.15, 0.2) is 54.6 Å². The molecule has 0 spiro atoms. The van der Waals surface area contributed by atoms with Gasteiger partial charge in [-0.1, -0.05) is 70.5 Å². The monoisotopic (exact) mass is 306 g/mol. The molecule has 0 saturated heterocycles. The van der Waals surface area contributed by atoms with E-state index in [4.69, 9.17) is 0 Å². The Hall–Kier alpha value is -0.850. The molecule has 1 aliphatic rings. The first-order valence-corrected chi connectivity index (χ1v) is 8.41. The molecule has 0 N–H and O–H groups in total. The Balaban J connectivity index is 2.22. The molecule has 1 aliphatic heterocycles. The van der Waals surface area contributed by atoms with Crippen molar-refractivity contribution in [3.63, 3.8) is 0 Å². The maximum atomic E-state index is 13.2. The maximum absolute atomic E-state index is 13.2. The lowest BCUT2D eigenvalue weighted by atomic mass is 10.2. The topological polar surface area (TPSA) is 17.1 Å². The van der Waals surface area contributed by atoms with Crippen LogP contribution in [0.2, 0.25) is 0 Å². The summed E-state index contributed by atoms with van der Waals surface area (Å²) < 4.78 is 13.2. The molecule has 0 bridgehead atoms. The summed E-state index contributed by atoms with van der Waals surface area (Å²) in [5, 5.41) is 1.99. The molecular weight excluding hydrogens is 295 g/mol. The molecule has 0 fully saturated rings. The van der Waals surface area contributed by atoms with Crippen LogP contribution < -0.4 is 10.6 Å². The van der Waals surface area contributed by atoms with Crippen molar-refractivity contribution >= 4 is 33.7 Å². The van der Waals surface area contributed by atoms with E-state index in [9.17, 15) is 4.57 Å². The maximum Gasteiger partial charge on any atom is 0.144 e. The van der Waals surface area contributed by atoms with Gasteiger partial charge in [0.15, 0.2) is 0 Å². The minimum absolute atomic E-state index is 0.213. The van der Waals surface area contributed by atoms with Crippen molar-refractivity contribution in [2.45, 2.75) is 4.83 Å². The normalized spacial score (nSPS) is 26.8. The van der Waals surface area contributed by atoms with E-state index in [2.05, 4.69) is 22.0 Å². The van der Waals surface area contributed by atoms with Gasteiger partial charge in [0.05, 0.1) is 0 Å². The summed E-state index contributed by atoms with van der Waals surface area (Å²) in [4.78, 5) is 0.213. The molecule has 0 saturated carbocycles. The number of rotatable bonds is 1. The Kier molecular flexibility index (Phi) is 2.72. The summed E-state index contributed by atoms with van der Waals surface area (Å²) in [5.41, 5.74) is 1.18. The lowest BCUT2D eigenvalue weighted by molar-refractivity contribution is 0.588. The van der Waals surface area contributed by atoms with Gasteiger partial charge >= 0.3 is 0 Å². The molecular formula is C14H12BrOP. The van der Waals surface area contributed by atoms with Gasteiger partial charge in [-0.2, -0.15) is 0 Å². The van der Waals surface area contributed by atoms with E-state index in [1.54, 1.807) is 0 Å². The summed E-state index contributed by atoms with van der Waals surface area (Å²) in [5.74, 6) is 0. The number of hydrogen-bond acceptors (Lipinski definition) is 1. The highest BCUT2D eigenvalue weighted by atomic mass is 79.9. The average Bonchev–Trinajstić information content (AvgIpc) is 2.65. The first-order chi connectivity index (χ1) is 8.22. The fraction of sp³-hybridized carbons (Fsp3) is 0.143. The molecule has 2 atom stereocenters. The molecule has 2 aromatic carbocycles. The van der Waals surface area contributed by atoms with E-state index >= 15 is 0 Å². The van der Waals surface area contributed by atoms with Gasteiger partial charge < -0.3 is 4.57 Å². The lowest BCUT2D eigenvalue weighted by Gasteiger charge is -2.13. The zero-order chi connectivity index (χ0) is 11.9. The van der Waals surface area contributed by atoms with Gasteiger partial charge in [0.1, 0.15) is 7.14 Å². The van der Waals surface area contributed by atoms with E-state index in [-0.39, 0.29) is 4.83 Å². The fourth-order valence-electron chi connectivity index (χ4n) is 2.42. The first kappa shape index (κ1) is 11.3. The smallest absolute Gasteiger partial charge is 0.144 e. The predicted molar refractivity (Wildman–Crippen MR) is 76.3 cm³/mol. The first-order valence-electron chi connectivity index (χ1n) is 5.60. The predicted octanol–water partition coefficient (Wildman–Crippen LogP) is 3.45. The summed E-state index contributed by atoms with van der Waals surface area (Å²) in [7, 11) is -2.42. The summed E-state index contributed by atoms with van der Waals surface area (Å²) in [6.07, 6.45) is 0.691. The third-order valence-electron chi connectivity index (χ3n) is 3.25. The van der Waals surface area contributed by atoms with E-state index in [1.165, 1.54) is 5.56 Å². The van der Waals surface area contributed by atoms with Gasteiger partial charge in [-0.05, 0) is 5.56 Å². The average molecular weight is 307 g/mol. The molecule has 2 aromatic rings. The van der Waals surface area contributed by atoms with Crippen molar-refractivity contribution in [3.05, 3.63) is 60.2 Å². The molecule has 1 heterocycles. The standard InChI is InChI=1S/C14H12BrOP/c15-13-10-17(16,11-6-2-1-3-7-11)14-9-5-4-8-12(13)14/h1-9,13H,10H2. The summed E-state index contributed by atoms with van der Waals surface area (Å²) in [6, 6.07) is 17.9. The van der Waals surface area contributed by atoms with Crippen molar-refractivity contribution in [2.24, 2.45) is 0 Å². The van der Waals surface area contributed by atoms with Gasteiger partial charge in [0.2, 0.25) is 0 Å². The Morgan fingerprint density at radius 1 is 1.00 bits per heavy atom. The van der Waals surface area contributed by atoms with Gasteiger partial charge in [-0.25, -0.2) is 0 Å². The highest BCUT2D eigenvalue weighted by Gasteiger charge is 2.39. The summed E-state index contributed by atoms with van der Waals surface area (Å²) >= 11 is 3.64. The van der Waals surface area contributed by atoms with Crippen molar-refractivity contribution < 1.29 is 4.57 Å². The van der Waals surface area contributed by atoms with Gasteiger partial charge in [0, 0.05) is 21.6 Å². The minimum Gasteiger partial charge on any atom is -0.314 e. The second kappa shape index (κ2) is 4.12. The van der Waals surface area contributed by atoms with Crippen LogP contribution in [0, 0.1) is 0 Å². The molecule has 2 unspecified atom stereocenters. The Bertz CT molecular complexity index is 594. The molecule has 86 valence electrons. The van der Waals surface area contributed by atoms with Crippen LogP contribution in [-0.2, 0) is 4.57 Å². The number of halogens is 1. The zero-order valence-corrected chi connectivity index (χ0v) is 11.7. The molecule has 0 amide bonds. The van der Waals surface area contributed by atoms with Crippen molar-refractivity contribution in [1.82, 2.24) is 0 Å². The number of alkyl halides is 1. The van der Waals surface area contributed by atoms with E-state index in [0.717, 1.165) is 10.6 Å². The highest BCUT2D eigenvalue weighted by Crippen LogP contribution is 2.55. The Morgan fingerprint density at radius 2 is 1.65 bits per heavy atom. The van der Waals surface area contributed by atoms with E-state index in [1.807, 2.05) is 48.5 Å². The van der Waals surface area contributed by atoms with Crippen LogP contribution >= 0.6 is 23.1 Å². The third-order valence-corrected chi connectivity index (χ3v) is 7.77. The number of fused-ring (bicyclic) bond motifs is 1. The lowest BCUT2D eigenvalue weighted by Crippen LogP contribution is -2.14. The molecule has 0 radical (unpaired) electrons. The van der Waals surface area contributed by atoms with Gasteiger partial charge in [0.25, 0.3) is 0 Å². The Labute approximate surface area is 109 Å². The number of hydrogen-bond donors (Lipinski definition) is 0. The third kappa shape index (κ3) is 1.71. The van der Waals surface area contributed by atoms with Crippen LogP contribution in [-0.4, -0.2) is 6.16 Å². The van der Waals surface area contributed by atoms with Crippen LogP contribution in [0.5, 0.6) is 0 Å². The SMILES string of the molecule is O=P1(c2ccccc2)CC(Br)c2ccccc21. The molecule has 3 heteroatoms. The molecule has 1 nitrogen and oxygen atoms in total. The quantitative estimate of drug-likeness (QED) is 0.582. The zero-order valence-electron chi connectivity index (χ0n) is 9.21. The highest BCUT2D eigenvalue weighted by molar-refractivity contribution is 9.09. The number of benzene rings is 2. The molecule has 0 aromatic heterocycles. The van der Waals surface area contributed by atoms with Crippen LogP contribution in [0.4, 0.5) is 0 Å². The van der Waals surface area contributed by atoms with Crippen LogP contribution in [0.3, 0.4) is 0 Å². The fourth-order valence-corrected chi connectivity index (χ4v) is 7.18. The largest absolute Gasteiger partial charge is 0.314 e. The second-order valence-electron chi connectivity index (χ2n) is 4.28. The molecule has 3 rings (SSSR count). The van der Waals surface area contributed by atoms with Crippen molar-refractivity contribution in [2.75, 3.05) is 6.16 Å². The second-order valence-corrected chi connectivity index (χ2v) is 8.23. The van der Waals surface area contributed by atoms with Crippen molar-refractivity contribution in [1.29, 1.82) is 0 Å². The molecule has 17 heavy (non-hydrogen) atoms.